The van der Waals surface area contributed by atoms with Crippen molar-refractivity contribution in [1.82, 2.24) is 19.7 Å². The van der Waals surface area contributed by atoms with Gasteiger partial charge in [-0.05, 0) is 43.0 Å². The number of halogens is 5. The first-order chi connectivity index (χ1) is 16.2. The predicted octanol–water partition coefficient (Wildman–Crippen LogP) is 5.16. The predicted molar refractivity (Wildman–Crippen MR) is 111 cm³/mol. The highest BCUT2D eigenvalue weighted by Gasteiger charge is 2.56. The lowest BCUT2D eigenvalue weighted by molar-refractivity contribution is -0.141. The highest BCUT2D eigenvalue weighted by atomic mass is 19.4. The molecule has 0 radical (unpaired) electrons. The van der Waals surface area contributed by atoms with Crippen LogP contribution in [0.15, 0.2) is 48.9 Å². The lowest BCUT2D eigenvalue weighted by Gasteiger charge is -2.48. The number of benzene rings is 2. The van der Waals surface area contributed by atoms with E-state index >= 15 is 8.78 Å². The number of amides is 1. The molecule has 1 unspecified atom stereocenters. The Kier molecular flexibility index (Phi) is 4.36. The van der Waals surface area contributed by atoms with Gasteiger partial charge in [-0.25, -0.2) is 18.4 Å². The first-order valence-corrected chi connectivity index (χ1v) is 10.6. The van der Waals surface area contributed by atoms with E-state index in [1.807, 2.05) is 0 Å². The molecule has 6 rings (SSSR count). The number of fused-ring (bicyclic) bond motifs is 1. The van der Waals surface area contributed by atoms with Gasteiger partial charge in [0, 0.05) is 29.6 Å². The largest absolute Gasteiger partial charge is 0.435 e. The van der Waals surface area contributed by atoms with Crippen molar-refractivity contribution in [2.75, 3.05) is 4.90 Å². The minimum atomic E-state index is -4.68. The van der Waals surface area contributed by atoms with Crippen LogP contribution in [0.1, 0.15) is 30.1 Å². The van der Waals surface area contributed by atoms with E-state index in [4.69, 9.17) is 0 Å². The van der Waals surface area contributed by atoms with Crippen LogP contribution in [0.3, 0.4) is 0 Å². The molecule has 1 saturated heterocycles. The van der Waals surface area contributed by atoms with Crippen molar-refractivity contribution in [2.45, 2.75) is 25.1 Å². The van der Waals surface area contributed by atoms with E-state index in [1.54, 1.807) is 18.2 Å². The normalized spacial score (nSPS) is 20.7. The number of carbonyl (C=O) groups is 1. The van der Waals surface area contributed by atoms with Crippen LogP contribution in [0.5, 0.6) is 0 Å². The Bertz CT molecular complexity index is 1410. The quantitative estimate of drug-likeness (QED) is 0.329. The van der Waals surface area contributed by atoms with E-state index in [0.717, 1.165) is 47.4 Å². The smallest absolute Gasteiger partial charge is 0.345 e. The summed E-state index contributed by atoms with van der Waals surface area (Å²) in [6, 6.07) is 6.82. The summed E-state index contributed by atoms with van der Waals surface area (Å²) in [6.45, 7) is 0. The maximum atomic E-state index is 15.3. The molecule has 2 atom stereocenters. The highest BCUT2D eigenvalue weighted by molar-refractivity contribution is 6.04. The summed E-state index contributed by atoms with van der Waals surface area (Å²) in [4.78, 5) is 21.5. The Hall–Kier alpha value is -3.76. The number of β-lactam (4-membered cyclic amide) rings is 1. The van der Waals surface area contributed by atoms with Gasteiger partial charge >= 0.3 is 6.18 Å². The zero-order chi connectivity index (χ0) is 23.8. The molecule has 3 heterocycles. The number of hydrogen-bond acceptors (Lipinski definition) is 3. The Balaban J connectivity index is 1.41. The number of H-pyrrole nitrogens is 1. The van der Waals surface area contributed by atoms with Crippen molar-refractivity contribution in [3.8, 4) is 5.69 Å². The number of aromatic nitrogens is 4. The fourth-order valence-electron chi connectivity index (χ4n) is 4.70. The minimum Gasteiger partial charge on any atom is -0.345 e. The van der Waals surface area contributed by atoms with Gasteiger partial charge < -0.3 is 9.88 Å². The molecular formula is C23H16F5N5O. The number of aromatic amines is 1. The van der Waals surface area contributed by atoms with Crippen LogP contribution in [0.4, 0.5) is 27.6 Å². The van der Waals surface area contributed by atoms with Gasteiger partial charge in [-0.15, -0.1) is 0 Å². The standard InChI is InChI=1S/C23H16F5N5O/c24-14-7-13(32-6-5-18(31-32)23(26,27)28)8-15(25)20(14)21-19(11-1-2-11)22(34)33(21)12-3-4-16-17(9-12)30-10-29-16/h3-11,19,21H,1-2H2,(H,29,30)/t19?,21-/m1/s1. The van der Waals surface area contributed by atoms with E-state index in [0.29, 0.717) is 11.2 Å². The van der Waals surface area contributed by atoms with Crippen LogP contribution in [0, 0.1) is 23.5 Å². The third-order valence-corrected chi connectivity index (χ3v) is 6.46. The molecule has 0 spiro atoms. The summed E-state index contributed by atoms with van der Waals surface area (Å²) in [5, 5.41) is 3.38. The van der Waals surface area contributed by atoms with Crippen LogP contribution >= 0.6 is 0 Å². The number of carbonyl (C=O) groups excluding carboxylic acids is 1. The van der Waals surface area contributed by atoms with Crippen molar-refractivity contribution >= 4 is 22.6 Å². The average Bonchev–Trinajstić information content (AvgIpc) is 3.26. The molecule has 4 aromatic rings. The van der Waals surface area contributed by atoms with Gasteiger partial charge in [0.25, 0.3) is 0 Å². The fourth-order valence-corrected chi connectivity index (χ4v) is 4.70. The maximum Gasteiger partial charge on any atom is 0.435 e. The second-order valence-corrected chi connectivity index (χ2v) is 8.59. The number of rotatable bonds is 4. The molecule has 174 valence electrons. The molecule has 6 nitrogen and oxygen atoms in total. The number of nitrogens with zero attached hydrogens (tertiary/aromatic N) is 4. The molecule has 34 heavy (non-hydrogen) atoms. The third-order valence-electron chi connectivity index (χ3n) is 6.46. The monoisotopic (exact) mass is 473 g/mol. The molecule has 2 fully saturated rings. The number of anilines is 1. The van der Waals surface area contributed by atoms with Gasteiger partial charge in [-0.1, -0.05) is 0 Å². The summed E-state index contributed by atoms with van der Waals surface area (Å²) >= 11 is 0. The van der Waals surface area contributed by atoms with Crippen molar-refractivity contribution < 1.29 is 26.7 Å². The topological polar surface area (TPSA) is 66.8 Å². The summed E-state index contributed by atoms with van der Waals surface area (Å²) in [6.07, 6.45) is -0.583. The molecule has 2 aromatic heterocycles. The molecule has 11 heteroatoms. The van der Waals surface area contributed by atoms with E-state index in [1.165, 1.54) is 11.2 Å². The van der Waals surface area contributed by atoms with Gasteiger partial charge in [0.05, 0.1) is 35.0 Å². The Morgan fingerprint density at radius 3 is 2.38 bits per heavy atom. The number of hydrogen-bond donors (Lipinski definition) is 1. The van der Waals surface area contributed by atoms with Gasteiger partial charge in [0.1, 0.15) is 11.6 Å². The van der Waals surface area contributed by atoms with Gasteiger partial charge in [-0.3, -0.25) is 4.79 Å². The van der Waals surface area contributed by atoms with Gasteiger partial charge in [0.15, 0.2) is 5.69 Å². The lowest BCUT2D eigenvalue weighted by atomic mass is 9.78. The van der Waals surface area contributed by atoms with E-state index in [-0.39, 0.29) is 23.1 Å². The zero-order valence-electron chi connectivity index (χ0n) is 17.4. The zero-order valence-corrected chi connectivity index (χ0v) is 17.4. The lowest BCUT2D eigenvalue weighted by Crippen LogP contribution is -2.56. The van der Waals surface area contributed by atoms with E-state index < -0.39 is 35.5 Å². The molecule has 2 aromatic carbocycles. The first kappa shape index (κ1) is 20.8. The molecule has 2 aliphatic rings. The van der Waals surface area contributed by atoms with Crippen molar-refractivity contribution in [3.63, 3.8) is 0 Å². The molecule has 1 aliphatic carbocycles. The van der Waals surface area contributed by atoms with Crippen LogP contribution in [0.25, 0.3) is 16.7 Å². The highest BCUT2D eigenvalue weighted by Crippen LogP contribution is 2.55. The summed E-state index contributed by atoms with van der Waals surface area (Å²) in [5.41, 5.74) is 0.186. The molecule has 0 bridgehead atoms. The Morgan fingerprint density at radius 2 is 1.74 bits per heavy atom. The van der Waals surface area contributed by atoms with Gasteiger partial charge in [0.2, 0.25) is 5.91 Å². The van der Waals surface area contributed by atoms with Crippen LogP contribution in [0.2, 0.25) is 0 Å². The number of imidazole rings is 1. The molecule has 1 aliphatic heterocycles. The fraction of sp³-hybridized carbons (Fsp3) is 0.261. The van der Waals surface area contributed by atoms with Crippen molar-refractivity contribution in [3.05, 3.63) is 71.8 Å². The van der Waals surface area contributed by atoms with Crippen LogP contribution < -0.4 is 4.90 Å². The third kappa shape index (κ3) is 3.17. The van der Waals surface area contributed by atoms with Crippen molar-refractivity contribution in [1.29, 1.82) is 0 Å². The number of nitrogens with one attached hydrogen (secondary N) is 1. The summed E-state index contributed by atoms with van der Waals surface area (Å²) < 4.78 is 70.0. The SMILES string of the molecule is O=C1C(C2CC2)[C@H](c2c(F)cc(-n3ccc(C(F)(F)F)n3)cc2F)N1c1ccc2[nH]cnc2c1. The minimum absolute atomic E-state index is 0.0433. The van der Waals surface area contributed by atoms with Crippen LogP contribution in [-0.2, 0) is 11.0 Å². The van der Waals surface area contributed by atoms with E-state index in [2.05, 4.69) is 15.1 Å². The molecule has 1 amide bonds. The summed E-state index contributed by atoms with van der Waals surface area (Å²) in [7, 11) is 0. The number of alkyl halides is 3. The second kappa shape index (κ2) is 7.12. The maximum absolute atomic E-state index is 15.3. The van der Waals surface area contributed by atoms with Crippen molar-refractivity contribution in [2.24, 2.45) is 11.8 Å². The van der Waals surface area contributed by atoms with E-state index in [9.17, 15) is 18.0 Å². The molecular weight excluding hydrogens is 457 g/mol. The Morgan fingerprint density at radius 1 is 1.00 bits per heavy atom. The molecule has 1 saturated carbocycles. The average molecular weight is 473 g/mol. The Labute approximate surface area is 189 Å². The second-order valence-electron chi connectivity index (χ2n) is 8.59. The molecule has 1 N–H and O–H groups in total. The summed E-state index contributed by atoms with van der Waals surface area (Å²) in [5.74, 6) is -2.64. The first-order valence-electron chi connectivity index (χ1n) is 10.6. The van der Waals surface area contributed by atoms with Crippen LogP contribution in [-0.4, -0.2) is 25.7 Å². The van der Waals surface area contributed by atoms with Gasteiger partial charge in [-0.2, -0.15) is 18.3 Å².